The molecule has 1 fully saturated rings. The van der Waals surface area contributed by atoms with E-state index in [1.807, 2.05) is 36.3 Å². The number of carbonyl (C=O) groups excluding carboxylic acids is 1. The molecule has 0 aliphatic carbocycles. The quantitative estimate of drug-likeness (QED) is 0.879. The molecule has 2 aromatic rings. The van der Waals surface area contributed by atoms with Gasteiger partial charge in [-0.15, -0.1) is 0 Å². The Hall–Kier alpha value is -1.88. The van der Waals surface area contributed by atoms with Gasteiger partial charge in [0.15, 0.2) is 0 Å². The van der Waals surface area contributed by atoms with E-state index < -0.39 is 0 Å². The van der Waals surface area contributed by atoms with Crippen molar-refractivity contribution in [3.63, 3.8) is 0 Å². The number of piperidine rings is 1. The Labute approximate surface area is 112 Å². The van der Waals surface area contributed by atoms with Crippen LogP contribution >= 0.6 is 0 Å². The van der Waals surface area contributed by atoms with Crippen molar-refractivity contribution in [2.45, 2.75) is 18.9 Å². The summed E-state index contributed by atoms with van der Waals surface area (Å²) >= 11 is 0. The molecule has 3 rings (SSSR count). The molecular formula is C14H18N4O. The standard InChI is InChI=1S/C14H18N4O/c1-17(11-5-7-15-8-6-11)14(19)12-10-16-18-9-3-2-4-13(12)18/h2-4,9-11,15H,5-8H2,1H3. The third kappa shape index (κ3) is 2.21. The molecule has 100 valence electrons. The lowest BCUT2D eigenvalue weighted by Gasteiger charge is -2.31. The Morgan fingerprint density at radius 2 is 2.21 bits per heavy atom. The first-order chi connectivity index (χ1) is 9.27. The molecule has 5 nitrogen and oxygen atoms in total. The summed E-state index contributed by atoms with van der Waals surface area (Å²) in [4.78, 5) is 14.4. The molecule has 1 aliphatic heterocycles. The van der Waals surface area contributed by atoms with Gasteiger partial charge in [0, 0.05) is 19.3 Å². The summed E-state index contributed by atoms with van der Waals surface area (Å²) in [6.45, 7) is 1.97. The molecule has 0 radical (unpaired) electrons. The van der Waals surface area contributed by atoms with Crippen molar-refractivity contribution in [1.82, 2.24) is 19.8 Å². The number of hydrogen-bond donors (Lipinski definition) is 1. The van der Waals surface area contributed by atoms with E-state index in [0.717, 1.165) is 31.4 Å². The summed E-state index contributed by atoms with van der Waals surface area (Å²) in [6.07, 6.45) is 5.55. The number of nitrogens with zero attached hydrogens (tertiary/aromatic N) is 3. The van der Waals surface area contributed by atoms with E-state index in [9.17, 15) is 4.79 Å². The van der Waals surface area contributed by atoms with Gasteiger partial charge in [-0.2, -0.15) is 5.10 Å². The van der Waals surface area contributed by atoms with Crippen LogP contribution in [-0.4, -0.2) is 46.6 Å². The molecule has 5 heteroatoms. The predicted molar refractivity (Wildman–Crippen MR) is 73.2 cm³/mol. The highest BCUT2D eigenvalue weighted by atomic mass is 16.2. The molecule has 0 spiro atoms. The lowest BCUT2D eigenvalue weighted by Crippen LogP contribution is -2.43. The first-order valence-corrected chi connectivity index (χ1v) is 6.67. The van der Waals surface area contributed by atoms with Crippen molar-refractivity contribution < 1.29 is 4.79 Å². The minimum absolute atomic E-state index is 0.0631. The van der Waals surface area contributed by atoms with Crippen molar-refractivity contribution in [1.29, 1.82) is 0 Å². The van der Waals surface area contributed by atoms with Crippen molar-refractivity contribution in [3.05, 3.63) is 36.2 Å². The summed E-state index contributed by atoms with van der Waals surface area (Å²) < 4.78 is 1.74. The van der Waals surface area contributed by atoms with E-state index in [2.05, 4.69) is 10.4 Å². The molecule has 0 saturated carbocycles. The average Bonchev–Trinajstić information content (AvgIpc) is 2.90. The molecular weight excluding hydrogens is 240 g/mol. The maximum atomic E-state index is 12.6. The predicted octanol–water partition coefficient (Wildman–Crippen LogP) is 1.16. The maximum Gasteiger partial charge on any atom is 0.257 e. The molecule has 0 bridgehead atoms. The third-order valence-corrected chi connectivity index (χ3v) is 3.83. The number of amides is 1. The second-order valence-electron chi connectivity index (χ2n) is 4.99. The monoisotopic (exact) mass is 258 g/mol. The van der Waals surface area contributed by atoms with Gasteiger partial charge in [-0.3, -0.25) is 4.79 Å². The number of pyridine rings is 1. The smallest absolute Gasteiger partial charge is 0.257 e. The van der Waals surface area contributed by atoms with Gasteiger partial charge in [0.05, 0.1) is 17.3 Å². The number of carbonyl (C=O) groups is 1. The molecule has 1 N–H and O–H groups in total. The van der Waals surface area contributed by atoms with Gasteiger partial charge in [0.1, 0.15) is 0 Å². The number of hydrogen-bond acceptors (Lipinski definition) is 3. The molecule has 0 aromatic carbocycles. The maximum absolute atomic E-state index is 12.6. The molecule has 3 heterocycles. The second kappa shape index (κ2) is 5.01. The average molecular weight is 258 g/mol. The van der Waals surface area contributed by atoms with Crippen molar-refractivity contribution >= 4 is 11.4 Å². The third-order valence-electron chi connectivity index (χ3n) is 3.83. The van der Waals surface area contributed by atoms with Gasteiger partial charge >= 0.3 is 0 Å². The van der Waals surface area contributed by atoms with Gasteiger partial charge in [-0.1, -0.05) is 6.07 Å². The summed E-state index contributed by atoms with van der Waals surface area (Å²) in [5, 5.41) is 7.54. The zero-order valence-electron chi connectivity index (χ0n) is 11.0. The van der Waals surface area contributed by atoms with E-state index in [0.29, 0.717) is 11.6 Å². The topological polar surface area (TPSA) is 49.6 Å². The van der Waals surface area contributed by atoms with E-state index in [1.165, 1.54) is 0 Å². The van der Waals surface area contributed by atoms with Crippen LogP contribution in [-0.2, 0) is 0 Å². The van der Waals surface area contributed by atoms with Crippen molar-refractivity contribution in [3.8, 4) is 0 Å². The molecule has 19 heavy (non-hydrogen) atoms. The highest BCUT2D eigenvalue weighted by molar-refractivity contribution is 6.00. The van der Waals surface area contributed by atoms with Gasteiger partial charge in [0.2, 0.25) is 0 Å². The van der Waals surface area contributed by atoms with E-state index in [1.54, 1.807) is 10.7 Å². The number of aromatic nitrogens is 2. The SMILES string of the molecule is CN(C(=O)c1cnn2ccccc12)C1CCNCC1. The van der Waals surface area contributed by atoms with E-state index >= 15 is 0 Å². The molecule has 0 unspecified atom stereocenters. The Bertz CT molecular complexity index is 586. The van der Waals surface area contributed by atoms with Gasteiger partial charge in [0.25, 0.3) is 5.91 Å². The Morgan fingerprint density at radius 1 is 1.42 bits per heavy atom. The molecule has 1 saturated heterocycles. The van der Waals surface area contributed by atoms with Crippen LogP contribution in [0.4, 0.5) is 0 Å². The van der Waals surface area contributed by atoms with Gasteiger partial charge in [-0.25, -0.2) is 4.52 Å². The zero-order valence-corrected chi connectivity index (χ0v) is 11.0. The first kappa shape index (κ1) is 12.2. The zero-order chi connectivity index (χ0) is 13.2. The van der Waals surface area contributed by atoms with E-state index in [-0.39, 0.29) is 5.91 Å². The molecule has 0 atom stereocenters. The lowest BCUT2D eigenvalue weighted by molar-refractivity contribution is 0.0705. The van der Waals surface area contributed by atoms with Crippen molar-refractivity contribution in [2.24, 2.45) is 0 Å². The van der Waals surface area contributed by atoms with Crippen LogP contribution < -0.4 is 5.32 Å². The fourth-order valence-corrected chi connectivity index (χ4v) is 2.65. The van der Waals surface area contributed by atoms with Gasteiger partial charge < -0.3 is 10.2 Å². The number of rotatable bonds is 2. The van der Waals surface area contributed by atoms with Crippen LogP contribution in [0.1, 0.15) is 23.2 Å². The summed E-state index contributed by atoms with van der Waals surface area (Å²) in [5.74, 6) is 0.0631. The van der Waals surface area contributed by atoms with Crippen LogP contribution in [0, 0.1) is 0 Å². The Morgan fingerprint density at radius 3 is 3.00 bits per heavy atom. The summed E-state index contributed by atoms with van der Waals surface area (Å²) in [5.41, 5.74) is 1.55. The lowest BCUT2D eigenvalue weighted by atomic mass is 10.0. The summed E-state index contributed by atoms with van der Waals surface area (Å²) in [6, 6.07) is 6.09. The molecule has 1 aliphatic rings. The van der Waals surface area contributed by atoms with E-state index in [4.69, 9.17) is 0 Å². The van der Waals surface area contributed by atoms with Crippen LogP contribution in [0.5, 0.6) is 0 Å². The number of nitrogens with one attached hydrogen (secondary N) is 1. The highest BCUT2D eigenvalue weighted by Gasteiger charge is 2.24. The first-order valence-electron chi connectivity index (χ1n) is 6.67. The highest BCUT2D eigenvalue weighted by Crippen LogP contribution is 2.17. The summed E-state index contributed by atoms with van der Waals surface area (Å²) in [7, 11) is 1.89. The fraction of sp³-hybridized carbons (Fsp3) is 0.429. The van der Waals surface area contributed by atoms with Gasteiger partial charge in [-0.05, 0) is 38.1 Å². The molecule has 1 amide bonds. The van der Waals surface area contributed by atoms with Crippen molar-refractivity contribution in [2.75, 3.05) is 20.1 Å². The largest absolute Gasteiger partial charge is 0.339 e. The van der Waals surface area contributed by atoms with Crippen LogP contribution in [0.15, 0.2) is 30.6 Å². The number of fused-ring (bicyclic) bond motifs is 1. The Kier molecular flexibility index (Phi) is 3.21. The minimum atomic E-state index is 0.0631. The minimum Gasteiger partial charge on any atom is -0.339 e. The second-order valence-corrected chi connectivity index (χ2v) is 4.99. The Balaban J connectivity index is 1.86. The molecule has 2 aromatic heterocycles. The normalized spacial score (nSPS) is 16.7. The fourth-order valence-electron chi connectivity index (χ4n) is 2.65. The van der Waals surface area contributed by atoms with Crippen LogP contribution in [0.3, 0.4) is 0 Å². The van der Waals surface area contributed by atoms with Crippen LogP contribution in [0.25, 0.3) is 5.52 Å². The van der Waals surface area contributed by atoms with Crippen LogP contribution in [0.2, 0.25) is 0 Å².